The molecule has 0 bridgehead atoms. The minimum absolute atomic E-state index is 1.26. The van der Waals surface area contributed by atoms with E-state index in [1.165, 1.54) is 75.8 Å². The van der Waals surface area contributed by atoms with E-state index < -0.39 is 0 Å². The molecule has 0 radical (unpaired) electrons. The van der Waals surface area contributed by atoms with E-state index in [4.69, 9.17) is 0 Å². The first-order chi connectivity index (χ1) is 16.9. The highest BCUT2D eigenvalue weighted by atomic mass is 14.2. The summed E-state index contributed by atoms with van der Waals surface area (Å²) in [6.45, 7) is 0. The summed E-state index contributed by atoms with van der Waals surface area (Å²) < 4.78 is 0. The normalized spacial score (nSPS) is 12.1. The SMILES string of the molecule is c1ccc(-c2ccc3c(c2)cc2c4cccc5c6ccccc6cc(c6cccc3c62)c54)cc1. The minimum Gasteiger partial charge on any atom is -0.0622 e. The first-order valence-electron chi connectivity index (χ1n) is 11.9. The molecule has 8 aromatic carbocycles. The summed E-state index contributed by atoms with van der Waals surface area (Å²) in [5.41, 5.74) is 2.52. The second kappa shape index (κ2) is 6.56. The Morgan fingerprint density at radius 2 is 0.794 bits per heavy atom. The Balaban J connectivity index is 1.61. The molecule has 34 heavy (non-hydrogen) atoms. The summed E-state index contributed by atoms with van der Waals surface area (Å²) in [4.78, 5) is 0. The standard InChI is InChI=1S/C34H20/c1-2-8-21(9-3-1)22-16-17-26-24(18-22)20-32-30-15-6-12-27-25-11-5-4-10-23(25)19-31(33(27)30)29-14-7-13-28(26)34(29)32/h1-20H. The van der Waals surface area contributed by atoms with Gasteiger partial charge in [0.05, 0.1) is 0 Å². The van der Waals surface area contributed by atoms with Crippen LogP contribution in [0.4, 0.5) is 0 Å². The quantitative estimate of drug-likeness (QED) is 0.180. The molecule has 0 amide bonds. The second-order valence-corrected chi connectivity index (χ2v) is 9.33. The summed E-state index contributed by atoms with van der Waals surface area (Å²) in [6, 6.07) is 44.8. The van der Waals surface area contributed by atoms with Gasteiger partial charge in [0.25, 0.3) is 0 Å². The molecule has 0 spiro atoms. The van der Waals surface area contributed by atoms with Gasteiger partial charge < -0.3 is 0 Å². The molecule has 0 N–H and O–H groups in total. The van der Waals surface area contributed by atoms with Crippen molar-refractivity contribution in [2.24, 2.45) is 0 Å². The molecule has 0 saturated carbocycles. The Hall–Kier alpha value is -4.42. The Bertz CT molecular complexity index is 2050. The van der Waals surface area contributed by atoms with Crippen LogP contribution >= 0.6 is 0 Å². The summed E-state index contributed by atoms with van der Waals surface area (Å²) in [5.74, 6) is 0. The number of hydrogen-bond acceptors (Lipinski definition) is 0. The van der Waals surface area contributed by atoms with Gasteiger partial charge in [-0.2, -0.15) is 0 Å². The van der Waals surface area contributed by atoms with E-state index in [1.807, 2.05) is 0 Å². The van der Waals surface area contributed by atoms with Crippen LogP contribution in [0, 0.1) is 0 Å². The Morgan fingerprint density at radius 1 is 0.265 bits per heavy atom. The lowest BCUT2D eigenvalue weighted by Crippen LogP contribution is -1.89. The number of hydrogen-bond donors (Lipinski definition) is 0. The van der Waals surface area contributed by atoms with Crippen LogP contribution in [0.1, 0.15) is 0 Å². The van der Waals surface area contributed by atoms with Gasteiger partial charge in [-0.15, -0.1) is 0 Å². The molecular formula is C34H20. The van der Waals surface area contributed by atoms with Crippen molar-refractivity contribution in [2.75, 3.05) is 0 Å². The third kappa shape index (κ3) is 2.32. The predicted molar refractivity (Wildman–Crippen MR) is 148 cm³/mol. The van der Waals surface area contributed by atoms with Gasteiger partial charge in [-0.05, 0) is 94.0 Å². The van der Waals surface area contributed by atoms with Gasteiger partial charge >= 0.3 is 0 Å². The van der Waals surface area contributed by atoms with Gasteiger partial charge in [0.2, 0.25) is 0 Å². The first kappa shape index (κ1) is 18.1. The van der Waals surface area contributed by atoms with E-state index in [0.717, 1.165) is 0 Å². The fourth-order valence-electron chi connectivity index (χ4n) is 6.07. The maximum Gasteiger partial charge on any atom is -0.00199 e. The fraction of sp³-hybridized carbons (Fsp3) is 0. The molecule has 0 fully saturated rings. The van der Waals surface area contributed by atoms with Crippen LogP contribution in [-0.4, -0.2) is 0 Å². The van der Waals surface area contributed by atoms with Gasteiger partial charge in [0.15, 0.2) is 0 Å². The van der Waals surface area contributed by atoms with Gasteiger partial charge in [0.1, 0.15) is 0 Å². The molecular weight excluding hydrogens is 408 g/mol. The maximum absolute atomic E-state index is 2.42. The highest BCUT2D eigenvalue weighted by Crippen LogP contribution is 2.45. The van der Waals surface area contributed by atoms with Crippen molar-refractivity contribution in [1.29, 1.82) is 0 Å². The molecule has 0 heteroatoms. The predicted octanol–water partition coefficient (Wildman–Crippen LogP) is 9.71. The van der Waals surface area contributed by atoms with Gasteiger partial charge in [-0.3, -0.25) is 0 Å². The van der Waals surface area contributed by atoms with Crippen LogP contribution in [0.15, 0.2) is 121 Å². The van der Waals surface area contributed by atoms with Crippen molar-refractivity contribution in [3.8, 4) is 11.1 Å². The topological polar surface area (TPSA) is 0 Å². The van der Waals surface area contributed by atoms with E-state index in [1.54, 1.807) is 0 Å². The van der Waals surface area contributed by atoms with Crippen LogP contribution in [0.3, 0.4) is 0 Å². The lowest BCUT2D eigenvalue weighted by Gasteiger charge is -2.17. The van der Waals surface area contributed by atoms with E-state index in [9.17, 15) is 0 Å². The second-order valence-electron chi connectivity index (χ2n) is 9.33. The van der Waals surface area contributed by atoms with Crippen molar-refractivity contribution >= 4 is 64.6 Å². The van der Waals surface area contributed by atoms with Crippen molar-refractivity contribution in [3.05, 3.63) is 121 Å². The van der Waals surface area contributed by atoms with Crippen molar-refractivity contribution in [2.45, 2.75) is 0 Å². The molecule has 0 saturated heterocycles. The molecule has 0 heterocycles. The lowest BCUT2D eigenvalue weighted by molar-refractivity contribution is 1.65. The van der Waals surface area contributed by atoms with Crippen LogP contribution in [0.25, 0.3) is 75.8 Å². The van der Waals surface area contributed by atoms with Crippen LogP contribution in [-0.2, 0) is 0 Å². The summed E-state index contributed by atoms with van der Waals surface area (Å²) in [7, 11) is 0. The molecule has 8 rings (SSSR count). The van der Waals surface area contributed by atoms with Gasteiger partial charge in [-0.1, -0.05) is 103 Å². The molecule has 0 nitrogen and oxygen atoms in total. The molecule has 0 unspecified atom stereocenters. The largest absolute Gasteiger partial charge is 0.0622 e. The zero-order valence-corrected chi connectivity index (χ0v) is 18.5. The monoisotopic (exact) mass is 428 g/mol. The van der Waals surface area contributed by atoms with Crippen molar-refractivity contribution < 1.29 is 0 Å². The average Bonchev–Trinajstić information content (AvgIpc) is 2.91. The number of benzene rings is 8. The van der Waals surface area contributed by atoms with Crippen molar-refractivity contribution in [3.63, 3.8) is 0 Å². The lowest BCUT2D eigenvalue weighted by atomic mass is 9.86. The van der Waals surface area contributed by atoms with E-state index in [-0.39, 0.29) is 0 Å². The van der Waals surface area contributed by atoms with Gasteiger partial charge in [-0.25, -0.2) is 0 Å². The highest BCUT2D eigenvalue weighted by Gasteiger charge is 2.16. The summed E-state index contributed by atoms with van der Waals surface area (Å²) in [5, 5.41) is 16.0. The first-order valence-corrected chi connectivity index (χ1v) is 11.9. The third-order valence-electron chi connectivity index (χ3n) is 7.55. The average molecular weight is 429 g/mol. The zero-order valence-electron chi connectivity index (χ0n) is 18.5. The molecule has 0 atom stereocenters. The molecule has 8 aromatic rings. The molecule has 156 valence electrons. The van der Waals surface area contributed by atoms with Crippen LogP contribution < -0.4 is 0 Å². The van der Waals surface area contributed by atoms with Crippen LogP contribution in [0.5, 0.6) is 0 Å². The minimum atomic E-state index is 1.26. The molecule has 0 aliphatic heterocycles. The number of rotatable bonds is 1. The van der Waals surface area contributed by atoms with E-state index in [2.05, 4.69) is 121 Å². The molecule has 0 aliphatic rings. The van der Waals surface area contributed by atoms with Crippen molar-refractivity contribution in [1.82, 2.24) is 0 Å². The molecule has 0 aliphatic carbocycles. The highest BCUT2D eigenvalue weighted by molar-refractivity contribution is 6.38. The Kier molecular flexibility index (Phi) is 3.48. The third-order valence-corrected chi connectivity index (χ3v) is 7.55. The molecule has 0 aromatic heterocycles. The Morgan fingerprint density at radius 3 is 1.50 bits per heavy atom. The Labute approximate surface area is 197 Å². The summed E-state index contributed by atoms with van der Waals surface area (Å²) in [6.07, 6.45) is 0. The fourth-order valence-corrected chi connectivity index (χ4v) is 6.07. The van der Waals surface area contributed by atoms with Gasteiger partial charge in [0, 0.05) is 0 Å². The number of fused-ring (bicyclic) bond motifs is 6. The van der Waals surface area contributed by atoms with E-state index >= 15 is 0 Å². The smallest absolute Gasteiger partial charge is 0.00199 e. The van der Waals surface area contributed by atoms with E-state index in [0.29, 0.717) is 0 Å². The zero-order chi connectivity index (χ0) is 22.2. The van der Waals surface area contributed by atoms with Crippen LogP contribution in [0.2, 0.25) is 0 Å². The summed E-state index contributed by atoms with van der Waals surface area (Å²) >= 11 is 0. The maximum atomic E-state index is 2.42.